The summed E-state index contributed by atoms with van der Waals surface area (Å²) in [5.41, 5.74) is -1.36. The van der Waals surface area contributed by atoms with Crippen molar-refractivity contribution < 1.29 is 23.9 Å². The topological polar surface area (TPSA) is 81.7 Å². The van der Waals surface area contributed by atoms with Crippen LogP contribution in [0.4, 0.5) is 0 Å². The van der Waals surface area contributed by atoms with Crippen molar-refractivity contribution in [3.05, 3.63) is 0 Å². The zero-order valence-electron chi connectivity index (χ0n) is 13.4. The Kier molecular flexibility index (Phi) is 7.36. The van der Waals surface area contributed by atoms with E-state index in [9.17, 15) is 14.4 Å². The van der Waals surface area contributed by atoms with Crippen LogP contribution in [0.5, 0.6) is 0 Å². The van der Waals surface area contributed by atoms with Crippen LogP contribution >= 0.6 is 15.9 Å². The van der Waals surface area contributed by atoms with E-state index in [2.05, 4.69) is 21.2 Å². The Hall–Kier alpha value is -1.11. The number of hydrogen-bond acceptors (Lipinski definition) is 5. The van der Waals surface area contributed by atoms with E-state index in [1.807, 2.05) is 0 Å². The average Bonchev–Trinajstić information content (AvgIpc) is 2.22. The van der Waals surface area contributed by atoms with E-state index in [0.29, 0.717) is 0 Å². The lowest BCUT2D eigenvalue weighted by Gasteiger charge is -2.25. The van der Waals surface area contributed by atoms with Gasteiger partial charge in [-0.3, -0.25) is 9.59 Å². The van der Waals surface area contributed by atoms with Crippen LogP contribution in [0.25, 0.3) is 0 Å². The molecule has 0 aliphatic carbocycles. The van der Waals surface area contributed by atoms with Crippen LogP contribution in [0.15, 0.2) is 0 Å². The molecular weight excluding hydrogens is 342 g/mol. The summed E-state index contributed by atoms with van der Waals surface area (Å²) in [7, 11) is 0. The van der Waals surface area contributed by atoms with E-state index >= 15 is 0 Å². The summed E-state index contributed by atoms with van der Waals surface area (Å²) in [6.07, 6.45) is -0.273. The third-order valence-corrected chi connectivity index (χ3v) is 2.45. The number of carbonyl (C=O) groups is 3. The predicted octanol–water partition coefficient (Wildman–Crippen LogP) is 1.94. The molecule has 0 rings (SSSR count). The zero-order valence-corrected chi connectivity index (χ0v) is 15.0. The van der Waals surface area contributed by atoms with Gasteiger partial charge >= 0.3 is 11.9 Å². The summed E-state index contributed by atoms with van der Waals surface area (Å²) < 4.78 is 10.4. The molecule has 0 saturated carbocycles. The third kappa shape index (κ3) is 10.3. The molecule has 1 N–H and O–H groups in total. The van der Waals surface area contributed by atoms with E-state index in [4.69, 9.17) is 9.47 Å². The van der Waals surface area contributed by atoms with E-state index in [1.54, 1.807) is 41.5 Å². The molecule has 0 heterocycles. The summed E-state index contributed by atoms with van der Waals surface area (Å²) in [5.74, 6) is -1.65. The number of rotatable bonds is 5. The van der Waals surface area contributed by atoms with Gasteiger partial charge in [-0.15, -0.1) is 0 Å². The van der Waals surface area contributed by atoms with Crippen LogP contribution in [-0.2, 0) is 23.9 Å². The van der Waals surface area contributed by atoms with Gasteiger partial charge in [0.05, 0.1) is 11.8 Å². The second-order valence-electron chi connectivity index (χ2n) is 6.58. The molecule has 21 heavy (non-hydrogen) atoms. The minimum atomic E-state index is -1.07. The highest BCUT2D eigenvalue weighted by Gasteiger charge is 2.30. The summed E-state index contributed by atoms with van der Waals surface area (Å²) in [5, 5.41) is 2.47. The molecule has 0 aliphatic rings. The monoisotopic (exact) mass is 365 g/mol. The summed E-state index contributed by atoms with van der Waals surface area (Å²) in [6, 6.07) is -1.07. The average molecular weight is 366 g/mol. The van der Waals surface area contributed by atoms with Gasteiger partial charge in [0.2, 0.25) is 5.91 Å². The van der Waals surface area contributed by atoms with Crippen LogP contribution in [-0.4, -0.2) is 40.4 Å². The molecule has 7 heteroatoms. The first-order valence-corrected chi connectivity index (χ1v) is 7.76. The maximum atomic E-state index is 12.1. The van der Waals surface area contributed by atoms with Crippen molar-refractivity contribution >= 4 is 33.8 Å². The molecule has 0 saturated heterocycles. The lowest BCUT2D eigenvalue weighted by molar-refractivity contribution is -0.165. The van der Waals surface area contributed by atoms with Gasteiger partial charge in [0.25, 0.3) is 0 Å². The van der Waals surface area contributed by atoms with Crippen LogP contribution in [0.2, 0.25) is 0 Å². The van der Waals surface area contributed by atoms with Gasteiger partial charge in [-0.05, 0) is 41.5 Å². The molecule has 0 aromatic rings. The standard InChI is InChI=1S/C14H24BrNO5/c1-13(2,3)20-11(18)7-9(16-10(17)8-15)12(19)21-14(4,5)6/h9H,7-8H2,1-6H3,(H,16,17). The van der Waals surface area contributed by atoms with Crippen LogP contribution < -0.4 is 5.32 Å². The Morgan fingerprint density at radius 2 is 1.48 bits per heavy atom. The third-order valence-electron chi connectivity index (χ3n) is 1.94. The number of alkyl halides is 1. The number of ether oxygens (including phenoxy) is 2. The van der Waals surface area contributed by atoms with E-state index < -0.39 is 35.1 Å². The molecule has 1 unspecified atom stereocenters. The normalized spacial score (nSPS) is 13.3. The van der Waals surface area contributed by atoms with Gasteiger partial charge in [-0.25, -0.2) is 4.79 Å². The van der Waals surface area contributed by atoms with Gasteiger partial charge < -0.3 is 14.8 Å². The van der Waals surface area contributed by atoms with Gasteiger partial charge in [0.15, 0.2) is 0 Å². The number of carbonyl (C=O) groups excluding carboxylic acids is 3. The van der Waals surface area contributed by atoms with Crippen molar-refractivity contribution in [1.29, 1.82) is 0 Å². The van der Waals surface area contributed by atoms with Gasteiger partial charge in [0, 0.05) is 0 Å². The van der Waals surface area contributed by atoms with Gasteiger partial charge in [0.1, 0.15) is 17.2 Å². The molecule has 6 nitrogen and oxygen atoms in total. The molecule has 0 bridgehead atoms. The Bertz CT molecular complexity index is 395. The maximum absolute atomic E-state index is 12.1. The Morgan fingerprint density at radius 3 is 1.86 bits per heavy atom. The zero-order chi connectivity index (χ0) is 16.8. The second-order valence-corrected chi connectivity index (χ2v) is 7.14. The van der Waals surface area contributed by atoms with Crippen LogP contribution in [0.3, 0.4) is 0 Å². The largest absolute Gasteiger partial charge is 0.460 e. The Balaban J connectivity index is 4.86. The van der Waals surface area contributed by atoms with Crippen molar-refractivity contribution in [2.75, 3.05) is 5.33 Å². The first-order valence-electron chi connectivity index (χ1n) is 6.64. The quantitative estimate of drug-likeness (QED) is 0.594. The number of hydrogen-bond donors (Lipinski definition) is 1. The maximum Gasteiger partial charge on any atom is 0.329 e. The summed E-state index contributed by atoms with van der Waals surface area (Å²) in [6.45, 7) is 10.3. The van der Waals surface area contributed by atoms with E-state index in [1.165, 1.54) is 0 Å². The minimum Gasteiger partial charge on any atom is -0.460 e. The first kappa shape index (κ1) is 19.9. The SMILES string of the molecule is CC(C)(C)OC(=O)CC(NC(=O)CBr)C(=O)OC(C)(C)C. The van der Waals surface area contributed by atoms with Gasteiger partial charge in [-0.1, -0.05) is 15.9 Å². The highest BCUT2D eigenvalue weighted by atomic mass is 79.9. The molecule has 0 radical (unpaired) electrons. The smallest absolute Gasteiger partial charge is 0.329 e. The Labute approximate surface area is 134 Å². The van der Waals surface area contributed by atoms with E-state index in [0.717, 1.165) is 0 Å². The molecule has 0 aliphatic heterocycles. The molecule has 0 aromatic carbocycles. The highest BCUT2D eigenvalue weighted by molar-refractivity contribution is 9.09. The minimum absolute atomic E-state index is 0.0284. The molecular formula is C14H24BrNO5. The lowest BCUT2D eigenvalue weighted by atomic mass is 10.1. The van der Waals surface area contributed by atoms with Gasteiger partial charge in [-0.2, -0.15) is 0 Å². The Morgan fingerprint density at radius 1 is 1.00 bits per heavy atom. The van der Waals surface area contributed by atoms with Crippen molar-refractivity contribution in [3.8, 4) is 0 Å². The van der Waals surface area contributed by atoms with E-state index in [-0.39, 0.29) is 11.8 Å². The molecule has 0 spiro atoms. The van der Waals surface area contributed by atoms with Crippen molar-refractivity contribution in [1.82, 2.24) is 5.32 Å². The van der Waals surface area contributed by atoms with Crippen molar-refractivity contribution in [2.45, 2.75) is 65.2 Å². The molecule has 1 atom stereocenters. The van der Waals surface area contributed by atoms with Crippen molar-refractivity contribution in [3.63, 3.8) is 0 Å². The second kappa shape index (κ2) is 7.77. The number of esters is 2. The van der Waals surface area contributed by atoms with Crippen LogP contribution in [0.1, 0.15) is 48.0 Å². The molecule has 122 valence electrons. The fourth-order valence-electron chi connectivity index (χ4n) is 1.35. The summed E-state index contributed by atoms with van der Waals surface area (Å²) in [4.78, 5) is 35.3. The predicted molar refractivity (Wildman–Crippen MR) is 82.0 cm³/mol. The number of nitrogens with one attached hydrogen (secondary N) is 1. The fraction of sp³-hybridized carbons (Fsp3) is 0.786. The van der Waals surface area contributed by atoms with Crippen molar-refractivity contribution in [2.24, 2.45) is 0 Å². The fourth-order valence-corrected chi connectivity index (χ4v) is 1.51. The first-order chi connectivity index (χ1) is 9.34. The molecule has 0 fully saturated rings. The van der Waals surface area contributed by atoms with Crippen LogP contribution in [0, 0.1) is 0 Å². The number of halogens is 1. The lowest BCUT2D eigenvalue weighted by Crippen LogP contribution is -2.46. The highest BCUT2D eigenvalue weighted by Crippen LogP contribution is 2.13. The molecule has 0 aromatic heterocycles. The summed E-state index contributed by atoms with van der Waals surface area (Å²) >= 11 is 2.99. The number of amides is 1. The molecule has 1 amide bonds.